The number of carbonyl (C=O) groups is 1. The Bertz CT molecular complexity index is 33.8. The molecule has 0 fully saturated rings. The molecule has 0 rings (SSSR count). The van der Waals surface area contributed by atoms with Crippen LogP contribution in [0.2, 0.25) is 0 Å². The van der Waals surface area contributed by atoms with E-state index in [2.05, 4.69) is 0 Å². The molecular weight excluding hydrogens is 124 g/mol. The third kappa shape index (κ3) is 274. The van der Waals surface area contributed by atoms with Gasteiger partial charge in [0.2, 0.25) is 0 Å². The minimum Gasteiger partial charge on any atom is -0.652 e. The molecular formula is CHCuO3+. The Morgan fingerprint density at radius 2 is 1.60 bits per heavy atom. The third-order valence-electron chi connectivity index (χ3n) is 0. The summed E-state index contributed by atoms with van der Waals surface area (Å²) < 4.78 is 0. The van der Waals surface area contributed by atoms with Gasteiger partial charge in [-0.25, -0.2) is 0 Å². The smallest absolute Gasteiger partial charge is 0.652 e. The van der Waals surface area contributed by atoms with Crippen molar-refractivity contribution in [3.05, 3.63) is 0 Å². The van der Waals surface area contributed by atoms with Gasteiger partial charge in [0.1, 0.15) is 0 Å². The van der Waals surface area contributed by atoms with Crippen molar-refractivity contribution >= 4 is 6.16 Å². The maximum Gasteiger partial charge on any atom is 2.00 e. The average Bonchev–Trinajstić information content (AvgIpc) is 0.811. The summed E-state index contributed by atoms with van der Waals surface area (Å²) in [6.45, 7) is 0. The first kappa shape index (κ1) is 8.84. The van der Waals surface area contributed by atoms with Gasteiger partial charge < -0.3 is 15.0 Å². The van der Waals surface area contributed by atoms with Crippen molar-refractivity contribution in [1.29, 1.82) is 0 Å². The van der Waals surface area contributed by atoms with Crippen LogP contribution in [0.5, 0.6) is 0 Å². The Kier molecular flexibility index (Phi) is 6.70. The van der Waals surface area contributed by atoms with Gasteiger partial charge in [-0.3, -0.25) is 0 Å². The molecule has 0 aliphatic rings. The fourth-order valence-corrected chi connectivity index (χ4v) is 0. The first-order valence-electron chi connectivity index (χ1n) is 0.612. The Hall–Kier alpha value is -0.211. The normalized spacial score (nSPS) is 4.80. The summed E-state index contributed by atoms with van der Waals surface area (Å²) in [6.07, 6.45) is -2.33. The second kappa shape index (κ2) is 3.79. The summed E-state index contributed by atoms with van der Waals surface area (Å²) in [5, 5.41) is 16.7. The molecule has 0 unspecified atom stereocenters. The Labute approximate surface area is 40.6 Å². The van der Waals surface area contributed by atoms with Gasteiger partial charge in [0.05, 0.1) is 0 Å². The van der Waals surface area contributed by atoms with Gasteiger partial charge in [-0.2, -0.15) is 0 Å². The summed E-state index contributed by atoms with van der Waals surface area (Å²) in [5.74, 6) is 0. The number of carboxylic acid groups (broad SMARTS) is 2. The first-order valence-corrected chi connectivity index (χ1v) is 0.612. The minimum absolute atomic E-state index is 0. The molecule has 0 aromatic carbocycles. The molecule has 33 valence electrons. The van der Waals surface area contributed by atoms with Crippen LogP contribution in [0.4, 0.5) is 4.79 Å². The Morgan fingerprint density at radius 1 is 1.60 bits per heavy atom. The van der Waals surface area contributed by atoms with Crippen molar-refractivity contribution in [3.63, 3.8) is 0 Å². The Morgan fingerprint density at radius 3 is 1.60 bits per heavy atom. The predicted octanol–water partition coefficient (Wildman–Crippen LogP) is -2.34. The van der Waals surface area contributed by atoms with E-state index >= 15 is 0 Å². The van der Waals surface area contributed by atoms with Gasteiger partial charge in [0.25, 0.3) is 0 Å². The van der Waals surface area contributed by atoms with Crippen molar-refractivity contribution < 1.29 is 33.5 Å². The molecule has 0 saturated heterocycles. The number of carbonyl (C=O) groups excluding carboxylic acids is 1. The largest absolute Gasteiger partial charge is 2.00 e. The van der Waals surface area contributed by atoms with E-state index in [4.69, 9.17) is 15.0 Å². The van der Waals surface area contributed by atoms with Crippen molar-refractivity contribution in [2.45, 2.75) is 0 Å². The zero-order valence-corrected chi connectivity index (χ0v) is 2.97. The van der Waals surface area contributed by atoms with Crippen molar-refractivity contribution in [3.8, 4) is 0 Å². The van der Waals surface area contributed by atoms with Crippen LogP contribution in [0.1, 0.15) is 1.43 Å². The summed E-state index contributed by atoms with van der Waals surface area (Å²) in [7, 11) is 0. The van der Waals surface area contributed by atoms with Gasteiger partial charge in [-0.15, -0.1) is 0 Å². The maximum absolute atomic E-state index is 8.33. The molecule has 0 saturated carbocycles. The third-order valence-corrected chi connectivity index (χ3v) is 0. The average molecular weight is 125 g/mol. The topological polar surface area (TPSA) is 63.2 Å². The van der Waals surface area contributed by atoms with Crippen LogP contribution < -0.4 is 10.2 Å². The zero-order chi connectivity index (χ0) is 3.58. The summed E-state index contributed by atoms with van der Waals surface area (Å²) >= 11 is 0. The Balaban J connectivity index is -0.0000000450. The van der Waals surface area contributed by atoms with Crippen LogP contribution in [0.3, 0.4) is 0 Å². The summed E-state index contributed by atoms with van der Waals surface area (Å²) in [5.41, 5.74) is 0. The van der Waals surface area contributed by atoms with E-state index < -0.39 is 6.16 Å². The summed E-state index contributed by atoms with van der Waals surface area (Å²) in [4.78, 5) is 8.33. The van der Waals surface area contributed by atoms with Gasteiger partial charge >= 0.3 is 18.5 Å². The quantitative estimate of drug-likeness (QED) is 0.340. The number of hydrogen-bond acceptors (Lipinski definition) is 3. The maximum atomic E-state index is 8.33. The van der Waals surface area contributed by atoms with Crippen LogP contribution in [0.25, 0.3) is 0 Å². The monoisotopic (exact) mass is 124 g/mol. The van der Waals surface area contributed by atoms with Gasteiger partial charge in [-0.1, -0.05) is 0 Å². The van der Waals surface area contributed by atoms with E-state index in [1.807, 2.05) is 0 Å². The number of rotatable bonds is 0. The molecule has 0 aromatic rings. The summed E-state index contributed by atoms with van der Waals surface area (Å²) in [6, 6.07) is 0. The van der Waals surface area contributed by atoms with Gasteiger partial charge in [0, 0.05) is 0 Å². The van der Waals surface area contributed by atoms with Crippen LogP contribution in [-0.4, -0.2) is 6.16 Å². The molecule has 0 atom stereocenters. The molecule has 4 heteroatoms. The molecule has 5 heavy (non-hydrogen) atoms. The van der Waals surface area contributed by atoms with E-state index in [0.717, 1.165) is 0 Å². The van der Waals surface area contributed by atoms with Gasteiger partial charge in [-0.05, 0) is 6.16 Å². The molecule has 0 N–H and O–H groups in total. The van der Waals surface area contributed by atoms with E-state index in [1.54, 1.807) is 0 Å². The van der Waals surface area contributed by atoms with Crippen LogP contribution in [0, 0.1) is 0 Å². The SMILES string of the molecule is O=C([O-])[O-].[Cu+2].[H+]. The van der Waals surface area contributed by atoms with Gasteiger partial charge in [0.15, 0.2) is 0 Å². The first-order chi connectivity index (χ1) is 1.73. The molecule has 0 bridgehead atoms. The molecule has 0 spiro atoms. The van der Waals surface area contributed by atoms with Crippen LogP contribution >= 0.6 is 0 Å². The molecule has 1 radical (unpaired) electrons. The van der Waals surface area contributed by atoms with E-state index in [1.165, 1.54) is 0 Å². The fourth-order valence-electron chi connectivity index (χ4n) is 0. The van der Waals surface area contributed by atoms with E-state index in [9.17, 15) is 0 Å². The second-order valence-corrected chi connectivity index (χ2v) is 0.250. The van der Waals surface area contributed by atoms with Crippen molar-refractivity contribution in [1.82, 2.24) is 0 Å². The molecule has 0 heterocycles. The second-order valence-electron chi connectivity index (χ2n) is 0.250. The van der Waals surface area contributed by atoms with E-state index in [0.29, 0.717) is 0 Å². The molecule has 0 amide bonds. The standard InChI is InChI=1S/CH2O3.Cu/c2-1(3)4;/h(H2,2,3,4);/q;+2/p-1. The predicted molar refractivity (Wildman–Crippen MR) is 6.51 cm³/mol. The minimum atomic E-state index is -2.33. The van der Waals surface area contributed by atoms with Crippen LogP contribution in [-0.2, 0) is 17.1 Å². The zero-order valence-electron chi connectivity index (χ0n) is 3.03. The van der Waals surface area contributed by atoms with E-state index in [-0.39, 0.29) is 18.5 Å². The fraction of sp³-hybridized carbons (Fsp3) is 0. The molecule has 3 nitrogen and oxygen atoms in total. The molecule has 0 aliphatic heterocycles. The molecule has 0 aromatic heterocycles. The number of hydrogen-bond donors (Lipinski definition) is 0. The molecule has 0 aliphatic carbocycles. The van der Waals surface area contributed by atoms with Crippen molar-refractivity contribution in [2.75, 3.05) is 0 Å². The van der Waals surface area contributed by atoms with Crippen LogP contribution in [0.15, 0.2) is 0 Å². The van der Waals surface area contributed by atoms with Crippen molar-refractivity contribution in [2.24, 2.45) is 0 Å².